The van der Waals surface area contributed by atoms with Crippen molar-refractivity contribution in [3.8, 4) is 0 Å². The molecule has 0 radical (unpaired) electrons. The van der Waals surface area contributed by atoms with E-state index in [1.54, 1.807) is 20.9 Å². The highest BCUT2D eigenvalue weighted by Crippen LogP contribution is 2.20. The fraction of sp³-hybridized carbons (Fsp3) is 0.412. The van der Waals surface area contributed by atoms with Gasteiger partial charge < -0.3 is 15.6 Å². The molecule has 1 unspecified atom stereocenters. The van der Waals surface area contributed by atoms with E-state index >= 15 is 0 Å². The maximum atomic E-state index is 12.5. The average Bonchev–Trinajstić information content (AvgIpc) is 2.88. The topological polar surface area (TPSA) is 79.2 Å². The first-order valence-electron chi connectivity index (χ1n) is 7.34. The van der Waals surface area contributed by atoms with Gasteiger partial charge in [-0.1, -0.05) is 18.2 Å². The van der Waals surface area contributed by atoms with Gasteiger partial charge in [0.1, 0.15) is 0 Å². The Morgan fingerprint density at radius 1 is 1.32 bits per heavy atom. The van der Waals surface area contributed by atoms with E-state index in [1.807, 2.05) is 30.5 Å². The molecular weight excluding hydrogens is 278 g/mol. The van der Waals surface area contributed by atoms with Gasteiger partial charge in [-0.15, -0.1) is 0 Å². The molecule has 0 aliphatic rings. The zero-order valence-corrected chi connectivity index (χ0v) is 13.5. The van der Waals surface area contributed by atoms with Crippen molar-refractivity contribution in [2.24, 2.45) is 5.73 Å². The number of aromatic nitrogens is 1. The summed E-state index contributed by atoms with van der Waals surface area (Å²) in [5.74, 6) is -0.298. The number of likely N-dealkylation sites (N-methyl/N-ethyl adjacent to an activating group) is 1. The van der Waals surface area contributed by atoms with E-state index in [1.165, 1.54) is 11.8 Å². The minimum Gasteiger partial charge on any atom is -0.361 e. The van der Waals surface area contributed by atoms with Crippen molar-refractivity contribution < 1.29 is 9.59 Å². The second-order valence-electron chi connectivity index (χ2n) is 6.18. The molecule has 0 fully saturated rings. The zero-order valence-electron chi connectivity index (χ0n) is 13.5. The number of nitrogens with two attached hydrogens (primary N) is 1. The standard InChI is InChI=1S/C17H23N3O2/c1-11(21)17(2,3)20(4)16(22)14(18)9-12-10-19-15-8-6-5-7-13(12)15/h5-8,10,14,19H,9,18H2,1-4H3. The van der Waals surface area contributed by atoms with Crippen LogP contribution < -0.4 is 5.73 Å². The third-order valence-corrected chi connectivity index (χ3v) is 4.46. The normalized spacial score (nSPS) is 13.1. The molecule has 0 aliphatic carbocycles. The number of fused-ring (bicyclic) bond motifs is 1. The number of carbonyl (C=O) groups excluding carboxylic acids is 2. The lowest BCUT2D eigenvalue weighted by Gasteiger charge is -2.35. The van der Waals surface area contributed by atoms with Gasteiger partial charge in [-0.25, -0.2) is 0 Å². The van der Waals surface area contributed by atoms with Crippen LogP contribution in [0, 0.1) is 0 Å². The third kappa shape index (κ3) is 2.90. The second kappa shape index (κ2) is 5.93. The Morgan fingerprint density at radius 2 is 1.95 bits per heavy atom. The first-order valence-corrected chi connectivity index (χ1v) is 7.34. The van der Waals surface area contributed by atoms with Crippen LogP contribution >= 0.6 is 0 Å². The van der Waals surface area contributed by atoms with E-state index in [-0.39, 0.29) is 11.7 Å². The molecule has 1 aromatic heterocycles. The van der Waals surface area contributed by atoms with Crippen LogP contribution in [-0.2, 0) is 16.0 Å². The molecule has 1 heterocycles. The molecule has 118 valence electrons. The Morgan fingerprint density at radius 3 is 2.59 bits per heavy atom. The van der Waals surface area contributed by atoms with Gasteiger partial charge in [-0.2, -0.15) is 0 Å². The van der Waals surface area contributed by atoms with E-state index in [4.69, 9.17) is 5.73 Å². The maximum absolute atomic E-state index is 12.5. The van der Waals surface area contributed by atoms with Crippen molar-refractivity contribution in [2.45, 2.75) is 38.8 Å². The van der Waals surface area contributed by atoms with Crippen molar-refractivity contribution in [1.29, 1.82) is 0 Å². The number of rotatable bonds is 5. The fourth-order valence-corrected chi connectivity index (χ4v) is 2.39. The van der Waals surface area contributed by atoms with Crippen molar-refractivity contribution in [2.75, 3.05) is 7.05 Å². The molecule has 0 aliphatic heterocycles. The monoisotopic (exact) mass is 301 g/mol. The Balaban J connectivity index is 2.16. The highest BCUT2D eigenvalue weighted by molar-refractivity contribution is 5.92. The van der Waals surface area contributed by atoms with E-state index in [9.17, 15) is 9.59 Å². The van der Waals surface area contributed by atoms with Gasteiger partial charge in [0.25, 0.3) is 0 Å². The number of nitrogens with one attached hydrogen (secondary N) is 1. The van der Waals surface area contributed by atoms with Gasteiger partial charge in [0.15, 0.2) is 5.78 Å². The van der Waals surface area contributed by atoms with Gasteiger partial charge in [0, 0.05) is 24.1 Å². The predicted molar refractivity (Wildman–Crippen MR) is 87.5 cm³/mol. The number of para-hydroxylation sites is 1. The molecule has 3 N–H and O–H groups in total. The van der Waals surface area contributed by atoms with Crippen LogP contribution in [0.5, 0.6) is 0 Å². The lowest BCUT2D eigenvalue weighted by Crippen LogP contribution is -2.55. The molecular formula is C17H23N3O2. The van der Waals surface area contributed by atoms with Gasteiger partial charge in [0.2, 0.25) is 5.91 Å². The quantitative estimate of drug-likeness (QED) is 0.884. The Bertz CT molecular complexity index is 703. The first-order chi connectivity index (χ1) is 10.2. The van der Waals surface area contributed by atoms with Crippen LogP contribution in [0.25, 0.3) is 10.9 Å². The van der Waals surface area contributed by atoms with E-state index in [2.05, 4.69) is 4.98 Å². The van der Waals surface area contributed by atoms with E-state index in [0.29, 0.717) is 6.42 Å². The summed E-state index contributed by atoms with van der Waals surface area (Å²) in [6.07, 6.45) is 2.31. The third-order valence-electron chi connectivity index (χ3n) is 4.46. The summed E-state index contributed by atoms with van der Waals surface area (Å²) in [6.45, 7) is 4.94. The molecule has 0 saturated carbocycles. The van der Waals surface area contributed by atoms with Crippen LogP contribution in [-0.4, -0.2) is 40.2 Å². The second-order valence-corrected chi connectivity index (χ2v) is 6.18. The number of Topliss-reactive ketones (excluding diaryl/α,β-unsaturated/α-hetero) is 1. The van der Waals surface area contributed by atoms with Crippen molar-refractivity contribution in [3.05, 3.63) is 36.0 Å². The number of H-pyrrole nitrogens is 1. The summed E-state index contributed by atoms with van der Waals surface area (Å²) in [6, 6.07) is 7.22. The SMILES string of the molecule is CC(=O)C(C)(C)N(C)C(=O)C(N)Cc1c[nH]c2ccccc12. The minimum atomic E-state index is -0.852. The highest BCUT2D eigenvalue weighted by atomic mass is 16.2. The number of aromatic amines is 1. The highest BCUT2D eigenvalue weighted by Gasteiger charge is 2.34. The van der Waals surface area contributed by atoms with Crippen molar-refractivity contribution >= 4 is 22.6 Å². The largest absolute Gasteiger partial charge is 0.361 e. The number of hydrogen-bond acceptors (Lipinski definition) is 3. The Labute approximate surface area is 130 Å². The molecule has 1 aromatic carbocycles. The number of ketones is 1. The zero-order chi connectivity index (χ0) is 16.5. The summed E-state index contributed by atoms with van der Waals surface area (Å²) in [5.41, 5.74) is 7.26. The summed E-state index contributed by atoms with van der Waals surface area (Å²) in [5, 5.41) is 1.07. The van der Waals surface area contributed by atoms with Gasteiger partial charge in [0.05, 0.1) is 11.6 Å². The van der Waals surface area contributed by atoms with Crippen LogP contribution in [0.2, 0.25) is 0 Å². The molecule has 0 spiro atoms. The molecule has 5 heteroatoms. The summed E-state index contributed by atoms with van der Waals surface area (Å²) in [7, 11) is 1.62. The molecule has 2 aromatic rings. The summed E-state index contributed by atoms with van der Waals surface area (Å²) in [4.78, 5) is 28.8. The van der Waals surface area contributed by atoms with E-state index in [0.717, 1.165) is 16.5 Å². The van der Waals surface area contributed by atoms with Crippen molar-refractivity contribution in [3.63, 3.8) is 0 Å². The smallest absolute Gasteiger partial charge is 0.240 e. The number of hydrogen-bond donors (Lipinski definition) is 2. The molecule has 2 rings (SSSR count). The molecule has 5 nitrogen and oxygen atoms in total. The summed E-state index contributed by atoms with van der Waals surface area (Å²) < 4.78 is 0. The number of carbonyl (C=O) groups is 2. The van der Waals surface area contributed by atoms with Gasteiger partial charge >= 0.3 is 0 Å². The number of amides is 1. The Hall–Kier alpha value is -2.14. The maximum Gasteiger partial charge on any atom is 0.240 e. The van der Waals surface area contributed by atoms with Crippen LogP contribution in [0.4, 0.5) is 0 Å². The molecule has 1 amide bonds. The number of nitrogens with zero attached hydrogens (tertiary/aromatic N) is 1. The lowest BCUT2D eigenvalue weighted by atomic mass is 9.96. The van der Waals surface area contributed by atoms with E-state index < -0.39 is 11.6 Å². The van der Waals surface area contributed by atoms with Crippen molar-refractivity contribution in [1.82, 2.24) is 9.88 Å². The molecule has 0 saturated heterocycles. The molecule has 22 heavy (non-hydrogen) atoms. The Kier molecular flexibility index (Phi) is 4.37. The molecule has 0 bridgehead atoms. The minimum absolute atomic E-state index is 0.0670. The first kappa shape index (κ1) is 16.2. The average molecular weight is 301 g/mol. The van der Waals surface area contributed by atoms with Crippen LogP contribution in [0.1, 0.15) is 26.3 Å². The van der Waals surface area contributed by atoms with Gasteiger partial charge in [-0.3, -0.25) is 9.59 Å². The summed E-state index contributed by atoms with van der Waals surface area (Å²) >= 11 is 0. The van der Waals surface area contributed by atoms with Crippen LogP contribution in [0.15, 0.2) is 30.5 Å². The fourth-order valence-electron chi connectivity index (χ4n) is 2.39. The van der Waals surface area contributed by atoms with Gasteiger partial charge in [-0.05, 0) is 38.8 Å². The molecule has 1 atom stereocenters. The van der Waals surface area contributed by atoms with Crippen LogP contribution in [0.3, 0.4) is 0 Å². The lowest BCUT2D eigenvalue weighted by molar-refractivity contribution is -0.143. The number of benzene rings is 1. The predicted octanol–water partition coefficient (Wildman–Crippen LogP) is 1.86.